The number of rotatable bonds is 9. The predicted octanol–water partition coefficient (Wildman–Crippen LogP) is 3.54. The monoisotopic (exact) mass is 441 g/mol. The van der Waals surface area contributed by atoms with Gasteiger partial charge in [0.25, 0.3) is 0 Å². The highest BCUT2D eigenvalue weighted by Gasteiger charge is 2.31. The second-order valence-electron chi connectivity index (χ2n) is 7.36. The second-order valence-corrected chi connectivity index (χ2v) is 7.80. The van der Waals surface area contributed by atoms with Crippen LogP contribution in [0.15, 0.2) is 49.1 Å². The number of benzene rings is 2. The van der Waals surface area contributed by atoms with Crippen LogP contribution in [-0.4, -0.2) is 52.4 Å². The third-order valence-corrected chi connectivity index (χ3v) is 5.40. The fraction of sp³-hybridized carbons (Fsp3) is 0.318. The number of methoxy groups -OCH3 is 2. The van der Waals surface area contributed by atoms with Crippen molar-refractivity contribution in [3.63, 3.8) is 0 Å². The van der Waals surface area contributed by atoms with E-state index < -0.39 is 0 Å². The van der Waals surface area contributed by atoms with Gasteiger partial charge in [-0.05, 0) is 49.2 Å². The van der Waals surface area contributed by atoms with E-state index in [-0.39, 0.29) is 12.5 Å². The summed E-state index contributed by atoms with van der Waals surface area (Å²) in [6, 6.07) is 11.3. The van der Waals surface area contributed by atoms with Crippen LogP contribution in [-0.2, 0) is 11.3 Å². The molecule has 31 heavy (non-hydrogen) atoms. The van der Waals surface area contributed by atoms with Gasteiger partial charge >= 0.3 is 0 Å². The first kappa shape index (κ1) is 21.1. The number of carbonyl (C=O) groups excluding carboxylic acids is 1. The number of aromatic nitrogens is 3. The van der Waals surface area contributed by atoms with Crippen LogP contribution >= 0.6 is 11.6 Å². The number of anilines is 1. The molecule has 8 nitrogen and oxygen atoms in total. The van der Waals surface area contributed by atoms with Gasteiger partial charge in [0.2, 0.25) is 5.91 Å². The molecule has 1 fully saturated rings. The fourth-order valence-electron chi connectivity index (χ4n) is 3.49. The van der Waals surface area contributed by atoms with Crippen molar-refractivity contribution in [3.05, 3.63) is 59.6 Å². The van der Waals surface area contributed by atoms with Crippen molar-refractivity contribution in [2.24, 2.45) is 0 Å². The Morgan fingerprint density at radius 1 is 1.23 bits per heavy atom. The first-order valence-electron chi connectivity index (χ1n) is 9.96. The van der Waals surface area contributed by atoms with Gasteiger partial charge in [-0.2, -0.15) is 5.10 Å². The van der Waals surface area contributed by atoms with Gasteiger partial charge in [-0.1, -0.05) is 11.6 Å². The number of nitrogens with zero attached hydrogens (tertiary/aromatic N) is 4. The third kappa shape index (κ3) is 5.15. The Morgan fingerprint density at radius 2 is 2.06 bits per heavy atom. The lowest BCUT2D eigenvalue weighted by atomic mass is 10.1. The summed E-state index contributed by atoms with van der Waals surface area (Å²) in [5, 5.41) is 7.66. The lowest BCUT2D eigenvalue weighted by Crippen LogP contribution is -2.34. The lowest BCUT2D eigenvalue weighted by molar-refractivity contribution is -0.117. The van der Waals surface area contributed by atoms with E-state index in [2.05, 4.69) is 20.3 Å². The van der Waals surface area contributed by atoms with Crippen LogP contribution in [0.4, 0.5) is 5.69 Å². The number of halogens is 1. The molecule has 1 aliphatic rings. The van der Waals surface area contributed by atoms with Gasteiger partial charge in [0.1, 0.15) is 24.2 Å². The van der Waals surface area contributed by atoms with Crippen molar-refractivity contribution in [1.82, 2.24) is 19.7 Å². The van der Waals surface area contributed by atoms with Gasteiger partial charge in [-0.15, -0.1) is 0 Å². The molecule has 0 saturated heterocycles. The molecule has 4 rings (SSSR count). The summed E-state index contributed by atoms with van der Waals surface area (Å²) in [6.07, 6.45) is 5.16. The van der Waals surface area contributed by atoms with Gasteiger partial charge in [-0.25, -0.2) is 9.67 Å². The van der Waals surface area contributed by atoms with E-state index >= 15 is 0 Å². The van der Waals surface area contributed by atoms with E-state index in [9.17, 15) is 4.79 Å². The molecule has 0 spiro atoms. The maximum atomic E-state index is 13.0. The molecule has 1 aliphatic carbocycles. The van der Waals surface area contributed by atoms with E-state index in [1.807, 2.05) is 18.2 Å². The zero-order valence-corrected chi connectivity index (χ0v) is 18.2. The molecule has 3 aromatic rings. The summed E-state index contributed by atoms with van der Waals surface area (Å²) >= 11 is 6.16. The molecule has 2 aromatic carbocycles. The Morgan fingerprint density at radius 3 is 2.74 bits per heavy atom. The second kappa shape index (κ2) is 9.36. The van der Waals surface area contributed by atoms with E-state index in [1.54, 1.807) is 43.4 Å². The molecule has 0 atom stereocenters. The average molecular weight is 442 g/mol. The topological polar surface area (TPSA) is 81.5 Å². The Bertz CT molecular complexity index is 1050. The Hall–Kier alpha value is -3.10. The number of carbonyl (C=O) groups is 1. The lowest BCUT2D eigenvalue weighted by Gasteiger charge is -2.23. The maximum Gasteiger partial charge on any atom is 0.238 e. The Balaban J connectivity index is 1.51. The molecular weight excluding hydrogens is 418 g/mol. The van der Waals surface area contributed by atoms with E-state index in [1.165, 1.54) is 6.33 Å². The summed E-state index contributed by atoms with van der Waals surface area (Å²) in [6.45, 7) is 0.832. The van der Waals surface area contributed by atoms with Crippen LogP contribution in [0, 0.1) is 0 Å². The summed E-state index contributed by atoms with van der Waals surface area (Å²) in [5.74, 6) is 1.40. The van der Waals surface area contributed by atoms with Crippen LogP contribution in [0.25, 0.3) is 5.69 Å². The smallest absolute Gasteiger partial charge is 0.238 e. The van der Waals surface area contributed by atoms with Crippen LogP contribution in [0.1, 0.15) is 18.4 Å². The van der Waals surface area contributed by atoms with Crippen LogP contribution in [0.5, 0.6) is 11.5 Å². The van der Waals surface area contributed by atoms with Crippen LogP contribution in [0.3, 0.4) is 0 Å². The predicted molar refractivity (Wildman–Crippen MR) is 118 cm³/mol. The normalized spacial score (nSPS) is 13.3. The summed E-state index contributed by atoms with van der Waals surface area (Å²) < 4.78 is 12.4. The number of amides is 1. The highest BCUT2D eigenvalue weighted by molar-refractivity contribution is 6.31. The minimum absolute atomic E-state index is 0.127. The molecule has 1 amide bonds. The largest absolute Gasteiger partial charge is 0.497 e. The highest BCUT2D eigenvalue weighted by Crippen LogP contribution is 2.32. The van der Waals surface area contributed by atoms with Crippen molar-refractivity contribution >= 4 is 23.2 Å². The fourth-order valence-corrected chi connectivity index (χ4v) is 3.67. The summed E-state index contributed by atoms with van der Waals surface area (Å²) in [5.41, 5.74) is 2.26. The number of hydrogen-bond donors (Lipinski definition) is 1. The van der Waals surface area contributed by atoms with Crippen LogP contribution < -0.4 is 14.8 Å². The molecule has 9 heteroatoms. The van der Waals surface area contributed by atoms with E-state index in [4.69, 9.17) is 21.1 Å². The number of ether oxygens (including phenoxy) is 2. The SMILES string of the molecule is COc1ccc(OC)c(CN(CC(=O)Nc2cc(Cl)ccc2-n2cncn2)C2CC2)c1. The zero-order chi connectivity index (χ0) is 21.8. The van der Waals surface area contributed by atoms with Gasteiger partial charge in [-0.3, -0.25) is 9.69 Å². The van der Waals surface area contributed by atoms with Gasteiger partial charge < -0.3 is 14.8 Å². The maximum absolute atomic E-state index is 13.0. The Kier molecular flexibility index (Phi) is 6.39. The van der Waals surface area contributed by atoms with Crippen molar-refractivity contribution < 1.29 is 14.3 Å². The van der Waals surface area contributed by atoms with Gasteiger partial charge in [0.15, 0.2) is 0 Å². The molecule has 0 unspecified atom stereocenters. The average Bonchev–Trinajstić information content (AvgIpc) is 3.48. The van der Waals surface area contributed by atoms with E-state index in [0.29, 0.717) is 29.0 Å². The number of nitrogens with one attached hydrogen (secondary N) is 1. The molecule has 0 bridgehead atoms. The van der Waals surface area contributed by atoms with Crippen molar-refractivity contribution in [1.29, 1.82) is 0 Å². The van der Waals surface area contributed by atoms with Crippen LogP contribution in [0.2, 0.25) is 5.02 Å². The zero-order valence-electron chi connectivity index (χ0n) is 17.4. The number of hydrogen-bond acceptors (Lipinski definition) is 6. The van der Waals surface area contributed by atoms with Gasteiger partial charge in [0, 0.05) is 23.2 Å². The quantitative estimate of drug-likeness (QED) is 0.547. The molecular formula is C22H24ClN5O3. The molecule has 0 radical (unpaired) electrons. The standard InChI is InChI=1S/C22H24ClN5O3/c1-30-18-6-8-21(31-2)15(9-18)11-27(17-4-5-17)12-22(29)26-19-10-16(23)3-7-20(19)28-14-24-13-25-28/h3,6-10,13-14,17H,4-5,11-12H2,1-2H3,(H,26,29). The molecule has 1 heterocycles. The van der Waals surface area contributed by atoms with Gasteiger partial charge in [0.05, 0.1) is 32.1 Å². The molecule has 1 aromatic heterocycles. The molecule has 162 valence electrons. The Labute approximate surface area is 185 Å². The molecule has 1 N–H and O–H groups in total. The summed E-state index contributed by atoms with van der Waals surface area (Å²) in [7, 11) is 3.28. The van der Waals surface area contributed by atoms with Crippen molar-refractivity contribution in [3.8, 4) is 17.2 Å². The molecule has 1 saturated carbocycles. The van der Waals surface area contributed by atoms with E-state index in [0.717, 1.165) is 29.9 Å². The highest BCUT2D eigenvalue weighted by atomic mass is 35.5. The summed E-state index contributed by atoms with van der Waals surface area (Å²) in [4.78, 5) is 19.1. The molecule has 0 aliphatic heterocycles. The minimum Gasteiger partial charge on any atom is -0.497 e. The first-order valence-corrected chi connectivity index (χ1v) is 10.3. The third-order valence-electron chi connectivity index (χ3n) is 5.17. The van der Waals surface area contributed by atoms with Crippen molar-refractivity contribution in [2.45, 2.75) is 25.4 Å². The first-order chi connectivity index (χ1) is 15.1. The van der Waals surface area contributed by atoms with Crippen molar-refractivity contribution in [2.75, 3.05) is 26.1 Å². The minimum atomic E-state index is -0.127.